The van der Waals surface area contributed by atoms with Gasteiger partial charge < -0.3 is 9.90 Å². The summed E-state index contributed by atoms with van der Waals surface area (Å²) in [4.78, 5) is 13.0. The molecule has 0 aromatic rings. The number of alkyl halides is 2. The van der Waals surface area contributed by atoms with Gasteiger partial charge in [0.1, 0.15) is 0 Å². The Morgan fingerprint density at radius 2 is 2.17 bits per heavy atom. The number of aliphatic imine (C=N–C) groups is 1. The third-order valence-corrected chi connectivity index (χ3v) is 0.828. The van der Waals surface area contributed by atoms with E-state index in [2.05, 4.69) is 4.99 Å². The molecule has 0 aliphatic heterocycles. The zero-order valence-corrected chi connectivity index (χ0v) is 6.30. The SMILES string of the molecule is CCN=C(NNC(=O)[O-])C(F)F. The summed E-state index contributed by atoms with van der Waals surface area (Å²) in [6.45, 7) is 1.68. The predicted octanol–water partition coefficient (Wildman–Crippen LogP) is -0.893. The minimum atomic E-state index is -2.84. The normalized spacial score (nSPS) is 11.5. The van der Waals surface area contributed by atoms with Gasteiger partial charge in [0.2, 0.25) is 0 Å². The van der Waals surface area contributed by atoms with Crippen LogP contribution in [-0.2, 0) is 0 Å². The maximum atomic E-state index is 11.9. The summed E-state index contributed by atoms with van der Waals surface area (Å²) in [6.07, 6.45) is -4.53. The van der Waals surface area contributed by atoms with E-state index < -0.39 is 18.4 Å². The van der Waals surface area contributed by atoms with Gasteiger partial charge in [0, 0.05) is 6.54 Å². The lowest BCUT2D eigenvalue weighted by molar-refractivity contribution is -0.251. The molecule has 0 aromatic carbocycles. The number of nitrogens with zero attached hydrogens (tertiary/aromatic N) is 1. The first-order chi connectivity index (χ1) is 5.57. The molecule has 7 heteroatoms. The molecule has 0 unspecified atom stereocenters. The van der Waals surface area contributed by atoms with Crippen molar-refractivity contribution >= 4 is 11.9 Å². The highest BCUT2D eigenvalue weighted by Crippen LogP contribution is 1.92. The minimum Gasteiger partial charge on any atom is -0.529 e. The van der Waals surface area contributed by atoms with Gasteiger partial charge in [-0.25, -0.2) is 8.78 Å². The molecule has 1 amide bonds. The monoisotopic (exact) mass is 180 g/mol. The molecule has 2 N–H and O–H groups in total. The fourth-order valence-electron chi connectivity index (χ4n) is 0.448. The van der Waals surface area contributed by atoms with Crippen molar-refractivity contribution in [3.05, 3.63) is 0 Å². The van der Waals surface area contributed by atoms with Gasteiger partial charge in [0.05, 0.1) is 0 Å². The molecule has 0 aliphatic carbocycles. The molecule has 0 radical (unpaired) electrons. The smallest absolute Gasteiger partial charge is 0.296 e. The summed E-state index contributed by atoms with van der Waals surface area (Å²) in [6, 6.07) is 0. The molecule has 0 heterocycles. The quantitative estimate of drug-likeness (QED) is 0.328. The summed E-state index contributed by atoms with van der Waals surface area (Å²) in [5.41, 5.74) is 3.16. The summed E-state index contributed by atoms with van der Waals surface area (Å²) in [5, 5.41) is 9.75. The number of rotatable bonds is 2. The van der Waals surface area contributed by atoms with Crippen LogP contribution in [0.3, 0.4) is 0 Å². The number of halogens is 2. The fourth-order valence-corrected chi connectivity index (χ4v) is 0.448. The number of carboxylic acid groups (broad SMARTS) is 1. The van der Waals surface area contributed by atoms with Gasteiger partial charge in [0.25, 0.3) is 6.43 Å². The standard InChI is InChI=1S/C5H9F2N3O2/c1-2-8-4(3(6)7)9-10-5(11)12/h3,10H,2H2,1H3,(H,8,9)(H,11,12)/p-1. The second kappa shape index (κ2) is 5.28. The average Bonchev–Trinajstić information content (AvgIpc) is 1.96. The molecule has 0 saturated carbocycles. The Bertz CT molecular complexity index is 184. The number of hydrogen-bond donors (Lipinski definition) is 2. The van der Waals surface area contributed by atoms with Crippen LogP contribution in [0.4, 0.5) is 13.6 Å². The molecule has 0 fully saturated rings. The number of carbonyl (C=O) groups is 1. The molecule has 0 bridgehead atoms. The van der Waals surface area contributed by atoms with Crippen molar-refractivity contribution in [2.24, 2.45) is 4.99 Å². The van der Waals surface area contributed by atoms with Crippen LogP contribution >= 0.6 is 0 Å². The predicted molar refractivity (Wildman–Crippen MR) is 35.6 cm³/mol. The summed E-state index contributed by atoms with van der Waals surface area (Å²) in [7, 11) is 0. The summed E-state index contributed by atoms with van der Waals surface area (Å²) >= 11 is 0. The van der Waals surface area contributed by atoms with Crippen molar-refractivity contribution in [2.75, 3.05) is 6.54 Å². The molecule has 0 atom stereocenters. The van der Waals surface area contributed by atoms with E-state index in [4.69, 9.17) is 0 Å². The van der Waals surface area contributed by atoms with Gasteiger partial charge in [0.15, 0.2) is 11.9 Å². The maximum Gasteiger partial charge on any atom is 0.296 e. The van der Waals surface area contributed by atoms with Crippen LogP contribution in [0, 0.1) is 0 Å². The number of carbonyl (C=O) groups excluding carboxylic acids is 1. The van der Waals surface area contributed by atoms with E-state index in [0.717, 1.165) is 0 Å². The molecular formula is C5H8F2N3O2-. The van der Waals surface area contributed by atoms with Crippen molar-refractivity contribution in [3.8, 4) is 0 Å². The van der Waals surface area contributed by atoms with E-state index >= 15 is 0 Å². The third-order valence-electron chi connectivity index (χ3n) is 0.828. The fraction of sp³-hybridized carbons (Fsp3) is 0.600. The van der Waals surface area contributed by atoms with Crippen molar-refractivity contribution in [2.45, 2.75) is 13.3 Å². The van der Waals surface area contributed by atoms with E-state index in [-0.39, 0.29) is 6.54 Å². The highest BCUT2D eigenvalue weighted by atomic mass is 19.3. The average molecular weight is 180 g/mol. The summed E-state index contributed by atoms with van der Waals surface area (Å²) < 4.78 is 23.8. The van der Waals surface area contributed by atoms with Crippen LogP contribution < -0.4 is 16.0 Å². The van der Waals surface area contributed by atoms with E-state index in [9.17, 15) is 18.7 Å². The molecule has 5 nitrogen and oxygen atoms in total. The topological polar surface area (TPSA) is 76.5 Å². The molecule has 0 spiro atoms. The molecular weight excluding hydrogens is 172 g/mol. The van der Waals surface area contributed by atoms with Gasteiger partial charge >= 0.3 is 0 Å². The first-order valence-corrected chi connectivity index (χ1v) is 3.13. The van der Waals surface area contributed by atoms with Crippen LogP contribution in [0.15, 0.2) is 4.99 Å². The number of amides is 1. The minimum absolute atomic E-state index is 0.140. The highest BCUT2D eigenvalue weighted by molar-refractivity contribution is 5.86. The van der Waals surface area contributed by atoms with E-state index in [0.29, 0.717) is 0 Å². The second-order valence-corrected chi connectivity index (χ2v) is 1.70. The van der Waals surface area contributed by atoms with E-state index in [1.807, 2.05) is 0 Å². The lowest BCUT2D eigenvalue weighted by Gasteiger charge is -2.10. The Hall–Kier alpha value is -1.40. The Labute approximate surface area is 67.5 Å². The van der Waals surface area contributed by atoms with Crippen LogP contribution in [0.5, 0.6) is 0 Å². The lowest BCUT2D eigenvalue weighted by atomic mass is 10.6. The van der Waals surface area contributed by atoms with Crippen LogP contribution in [0.1, 0.15) is 6.92 Å². The molecule has 0 aliphatic rings. The first kappa shape index (κ1) is 10.6. The first-order valence-electron chi connectivity index (χ1n) is 3.13. The van der Waals surface area contributed by atoms with Gasteiger partial charge in [-0.2, -0.15) is 0 Å². The van der Waals surface area contributed by atoms with Crippen LogP contribution in [-0.4, -0.2) is 24.9 Å². The van der Waals surface area contributed by atoms with Crippen LogP contribution in [0.25, 0.3) is 0 Å². The highest BCUT2D eigenvalue weighted by Gasteiger charge is 2.11. The molecule has 12 heavy (non-hydrogen) atoms. The largest absolute Gasteiger partial charge is 0.529 e. The van der Waals surface area contributed by atoms with Crippen molar-refractivity contribution in [1.29, 1.82) is 0 Å². The summed E-state index contributed by atoms with van der Waals surface area (Å²) in [5.74, 6) is -0.721. The van der Waals surface area contributed by atoms with Gasteiger partial charge in [-0.3, -0.25) is 15.8 Å². The van der Waals surface area contributed by atoms with Gasteiger partial charge in [-0.1, -0.05) is 0 Å². The zero-order valence-electron chi connectivity index (χ0n) is 6.30. The second-order valence-electron chi connectivity index (χ2n) is 1.70. The Balaban J connectivity index is 3.97. The van der Waals surface area contributed by atoms with E-state index in [1.165, 1.54) is 5.43 Å². The zero-order chi connectivity index (χ0) is 9.56. The molecule has 0 rings (SSSR count). The van der Waals surface area contributed by atoms with Crippen molar-refractivity contribution < 1.29 is 18.7 Å². The Morgan fingerprint density at radius 1 is 1.58 bits per heavy atom. The van der Waals surface area contributed by atoms with Crippen molar-refractivity contribution in [1.82, 2.24) is 10.9 Å². The number of amidine groups is 1. The van der Waals surface area contributed by atoms with Crippen LogP contribution in [0.2, 0.25) is 0 Å². The third kappa shape index (κ3) is 4.42. The number of hydrogen-bond acceptors (Lipinski definition) is 3. The molecule has 0 aromatic heterocycles. The number of nitrogens with one attached hydrogen (secondary N) is 2. The lowest BCUT2D eigenvalue weighted by Crippen LogP contribution is -2.50. The molecule has 70 valence electrons. The molecule has 0 saturated heterocycles. The van der Waals surface area contributed by atoms with E-state index in [1.54, 1.807) is 12.3 Å². The number of hydrazine groups is 1. The Kier molecular flexibility index (Phi) is 4.66. The Morgan fingerprint density at radius 3 is 2.50 bits per heavy atom. The van der Waals surface area contributed by atoms with Crippen molar-refractivity contribution in [3.63, 3.8) is 0 Å². The van der Waals surface area contributed by atoms with Gasteiger partial charge in [-0.05, 0) is 6.92 Å². The maximum absolute atomic E-state index is 11.9. The van der Waals surface area contributed by atoms with Gasteiger partial charge in [-0.15, -0.1) is 0 Å².